The van der Waals surface area contributed by atoms with E-state index in [1.165, 1.54) is 18.3 Å². The normalized spacial score (nSPS) is 12.1. The Morgan fingerprint density at radius 2 is 2.47 bits per heavy atom. The van der Waals surface area contributed by atoms with Crippen LogP contribution < -0.4 is 5.32 Å². The van der Waals surface area contributed by atoms with Crippen LogP contribution in [-0.2, 0) is 4.74 Å². The third kappa shape index (κ3) is 3.17. The van der Waals surface area contributed by atoms with Crippen LogP contribution in [0.3, 0.4) is 0 Å². The summed E-state index contributed by atoms with van der Waals surface area (Å²) in [6, 6.07) is 2.92. The minimum atomic E-state index is -0.463. The van der Waals surface area contributed by atoms with Crippen LogP contribution in [0, 0.1) is 10.1 Å². The lowest BCUT2D eigenvalue weighted by atomic mass is 10.3. The molecule has 0 saturated heterocycles. The zero-order valence-electron chi connectivity index (χ0n) is 8.64. The summed E-state index contributed by atoms with van der Waals surface area (Å²) in [5.74, 6) is 0.270. The second-order valence-electron chi connectivity index (χ2n) is 3.13. The minimum absolute atomic E-state index is 0.0244. The number of hydrogen-bond donors (Lipinski definition) is 1. The number of anilines is 1. The Balaban J connectivity index is 2.79. The van der Waals surface area contributed by atoms with Gasteiger partial charge in [0, 0.05) is 25.4 Å². The summed E-state index contributed by atoms with van der Waals surface area (Å²) in [5.41, 5.74) is -0.0274. The fourth-order valence-corrected chi connectivity index (χ4v) is 1.18. The molecule has 0 aliphatic carbocycles. The van der Waals surface area contributed by atoms with Crippen LogP contribution in [0.1, 0.15) is 6.92 Å². The van der Waals surface area contributed by atoms with Gasteiger partial charge in [-0.25, -0.2) is 4.98 Å². The van der Waals surface area contributed by atoms with E-state index in [0.717, 1.165) is 0 Å². The second-order valence-corrected chi connectivity index (χ2v) is 3.13. The summed E-state index contributed by atoms with van der Waals surface area (Å²) in [7, 11) is 1.57. The van der Waals surface area contributed by atoms with Crippen molar-refractivity contribution in [2.75, 3.05) is 19.0 Å². The first-order chi connectivity index (χ1) is 7.15. The monoisotopic (exact) mass is 211 g/mol. The van der Waals surface area contributed by atoms with E-state index in [1.807, 2.05) is 6.92 Å². The van der Waals surface area contributed by atoms with Gasteiger partial charge >= 0.3 is 5.69 Å². The lowest BCUT2D eigenvalue weighted by Gasteiger charge is -2.12. The van der Waals surface area contributed by atoms with E-state index in [4.69, 9.17) is 4.74 Å². The highest BCUT2D eigenvalue weighted by molar-refractivity contribution is 5.55. The van der Waals surface area contributed by atoms with Gasteiger partial charge in [0.15, 0.2) is 0 Å². The molecule has 6 nitrogen and oxygen atoms in total. The molecule has 0 amide bonds. The third-order valence-electron chi connectivity index (χ3n) is 1.78. The lowest BCUT2D eigenvalue weighted by molar-refractivity contribution is -0.384. The van der Waals surface area contributed by atoms with Gasteiger partial charge in [-0.3, -0.25) is 10.1 Å². The zero-order valence-corrected chi connectivity index (χ0v) is 8.64. The number of rotatable bonds is 5. The van der Waals surface area contributed by atoms with Crippen LogP contribution in [0.4, 0.5) is 11.5 Å². The first-order valence-electron chi connectivity index (χ1n) is 4.50. The summed E-state index contributed by atoms with van der Waals surface area (Å²) >= 11 is 0. The number of aromatic nitrogens is 1. The van der Waals surface area contributed by atoms with Gasteiger partial charge in [-0.05, 0) is 13.0 Å². The Kier molecular flexibility index (Phi) is 3.99. The van der Waals surface area contributed by atoms with E-state index in [1.54, 1.807) is 7.11 Å². The summed E-state index contributed by atoms with van der Waals surface area (Å²) in [4.78, 5) is 14.1. The highest BCUT2D eigenvalue weighted by Gasteiger charge is 2.15. The van der Waals surface area contributed by atoms with Gasteiger partial charge < -0.3 is 10.1 Å². The summed E-state index contributed by atoms with van der Waals surface area (Å²) in [6.07, 6.45) is 1.51. The largest absolute Gasteiger partial charge is 0.383 e. The molecule has 82 valence electrons. The number of methoxy groups -OCH3 is 1. The molecule has 0 aliphatic rings. The molecule has 1 unspecified atom stereocenters. The molecule has 0 aromatic carbocycles. The summed E-state index contributed by atoms with van der Waals surface area (Å²) in [5, 5.41) is 13.6. The van der Waals surface area contributed by atoms with Gasteiger partial charge in [0.25, 0.3) is 0 Å². The number of nitro groups is 1. The highest BCUT2D eigenvalue weighted by atomic mass is 16.6. The van der Waals surface area contributed by atoms with Crippen molar-refractivity contribution >= 4 is 11.5 Å². The van der Waals surface area contributed by atoms with E-state index in [2.05, 4.69) is 10.3 Å². The zero-order chi connectivity index (χ0) is 11.3. The van der Waals surface area contributed by atoms with E-state index in [-0.39, 0.29) is 17.5 Å². The van der Waals surface area contributed by atoms with Gasteiger partial charge in [-0.15, -0.1) is 0 Å². The molecule has 0 fully saturated rings. The van der Waals surface area contributed by atoms with Crippen molar-refractivity contribution in [2.24, 2.45) is 0 Å². The maximum absolute atomic E-state index is 10.7. The number of nitrogens with one attached hydrogen (secondary N) is 1. The van der Waals surface area contributed by atoms with Crippen LogP contribution >= 0.6 is 0 Å². The second kappa shape index (κ2) is 5.26. The molecule has 0 saturated carbocycles. The van der Waals surface area contributed by atoms with Crippen LogP contribution in [0.5, 0.6) is 0 Å². The van der Waals surface area contributed by atoms with Crippen LogP contribution in [0.25, 0.3) is 0 Å². The molecule has 1 aromatic rings. The molecule has 15 heavy (non-hydrogen) atoms. The first-order valence-corrected chi connectivity index (χ1v) is 4.50. The fourth-order valence-electron chi connectivity index (χ4n) is 1.18. The highest BCUT2D eigenvalue weighted by Crippen LogP contribution is 2.20. The summed E-state index contributed by atoms with van der Waals surface area (Å²) < 4.78 is 4.92. The van der Waals surface area contributed by atoms with Crippen LogP contribution in [0.15, 0.2) is 18.3 Å². The molecule has 1 rings (SSSR count). The quantitative estimate of drug-likeness (QED) is 0.589. The standard InChI is InChI=1S/C9H13N3O3/c1-7(6-15-2)11-9-8(12(13)14)4-3-5-10-9/h3-5,7H,6H2,1-2H3,(H,10,11). The molecule has 0 radical (unpaired) electrons. The Hall–Kier alpha value is -1.69. The van der Waals surface area contributed by atoms with Gasteiger partial charge in [0.05, 0.1) is 11.5 Å². The molecule has 1 atom stereocenters. The van der Waals surface area contributed by atoms with Crippen molar-refractivity contribution in [3.63, 3.8) is 0 Å². The predicted molar refractivity (Wildman–Crippen MR) is 55.9 cm³/mol. The Morgan fingerprint density at radius 1 is 1.73 bits per heavy atom. The molecular weight excluding hydrogens is 198 g/mol. The summed E-state index contributed by atoms with van der Waals surface area (Å²) in [6.45, 7) is 2.33. The molecule has 0 aliphatic heterocycles. The van der Waals surface area contributed by atoms with E-state index in [0.29, 0.717) is 6.61 Å². The average molecular weight is 211 g/mol. The SMILES string of the molecule is COCC(C)Nc1ncccc1[N+](=O)[O-]. The van der Waals surface area contributed by atoms with Crippen LogP contribution in [-0.4, -0.2) is 29.7 Å². The topological polar surface area (TPSA) is 77.3 Å². The van der Waals surface area contributed by atoms with E-state index < -0.39 is 4.92 Å². The Labute approximate surface area is 87.4 Å². The minimum Gasteiger partial charge on any atom is -0.383 e. The number of ether oxygens (including phenoxy) is 1. The smallest absolute Gasteiger partial charge is 0.311 e. The molecule has 1 N–H and O–H groups in total. The van der Waals surface area contributed by atoms with Gasteiger partial charge in [0.2, 0.25) is 5.82 Å². The van der Waals surface area contributed by atoms with Crippen molar-refractivity contribution < 1.29 is 9.66 Å². The third-order valence-corrected chi connectivity index (χ3v) is 1.78. The van der Waals surface area contributed by atoms with Crippen molar-refractivity contribution in [3.05, 3.63) is 28.4 Å². The lowest BCUT2D eigenvalue weighted by Crippen LogP contribution is -2.22. The number of nitrogens with zero attached hydrogens (tertiary/aromatic N) is 2. The fraction of sp³-hybridized carbons (Fsp3) is 0.444. The van der Waals surface area contributed by atoms with E-state index in [9.17, 15) is 10.1 Å². The number of hydrogen-bond acceptors (Lipinski definition) is 5. The molecule has 6 heteroatoms. The number of pyridine rings is 1. The maximum atomic E-state index is 10.7. The van der Waals surface area contributed by atoms with Gasteiger partial charge in [-0.2, -0.15) is 0 Å². The van der Waals surface area contributed by atoms with Gasteiger partial charge in [-0.1, -0.05) is 0 Å². The molecule has 1 heterocycles. The first kappa shape index (κ1) is 11.4. The maximum Gasteiger partial charge on any atom is 0.311 e. The van der Waals surface area contributed by atoms with Gasteiger partial charge in [0.1, 0.15) is 0 Å². The predicted octanol–water partition coefficient (Wildman–Crippen LogP) is 1.44. The molecular formula is C9H13N3O3. The molecule has 1 aromatic heterocycles. The Morgan fingerprint density at radius 3 is 3.07 bits per heavy atom. The van der Waals surface area contributed by atoms with Crippen molar-refractivity contribution in [1.82, 2.24) is 4.98 Å². The van der Waals surface area contributed by atoms with E-state index >= 15 is 0 Å². The Bertz CT molecular complexity index is 343. The molecule has 0 bridgehead atoms. The van der Waals surface area contributed by atoms with Crippen molar-refractivity contribution in [2.45, 2.75) is 13.0 Å². The average Bonchev–Trinajstić information content (AvgIpc) is 2.18. The van der Waals surface area contributed by atoms with Crippen molar-refractivity contribution in [1.29, 1.82) is 0 Å². The van der Waals surface area contributed by atoms with Crippen molar-refractivity contribution in [3.8, 4) is 0 Å². The van der Waals surface area contributed by atoms with Crippen LogP contribution in [0.2, 0.25) is 0 Å². The molecule has 0 spiro atoms.